The number of nitrogens with zero attached hydrogens (tertiary/aromatic N) is 1. The average molecular weight is 496 g/mol. The van der Waals surface area contributed by atoms with Crippen LogP contribution in [-0.4, -0.2) is 35.9 Å². The molecule has 0 saturated heterocycles. The molecule has 2 aromatic rings. The molecule has 0 radical (unpaired) electrons. The number of guanidine groups is 1. The Morgan fingerprint density at radius 2 is 1.28 bits per heavy atom. The Kier molecular flexibility index (Phi) is 9.30. The van der Waals surface area contributed by atoms with Crippen LogP contribution >= 0.6 is 0 Å². The van der Waals surface area contributed by atoms with Gasteiger partial charge < -0.3 is 9.47 Å². The molecular formula is C29H41N3O4. The van der Waals surface area contributed by atoms with Crippen molar-refractivity contribution in [3.63, 3.8) is 0 Å². The average Bonchev–Trinajstić information content (AvgIpc) is 2.70. The van der Waals surface area contributed by atoms with Crippen LogP contribution in [-0.2, 0) is 21.3 Å². The third-order valence-electron chi connectivity index (χ3n) is 4.92. The van der Waals surface area contributed by atoms with E-state index in [9.17, 15) is 9.59 Å². The summed E-state index contributed by atoms with van der Waals surface area (Å²) in [6.45, 7) is 17.5. The predicted molar refractivity (Wildman–Crippen MR) is 145 cm³/mol. The van der Waals surface area contributed by atoms with E-state index in [0.717, 1.165) is 16.7 Å². The summed E-state index contributed by atoms with van der Waals surface area (Å²) in [5.74, 6) is -0.0209. The molecule has 0 fully saturated rings. The molecule has 0 heterocycles. The molecule has 2 amide bonds. The Morgan fingerprint density at radius 1 is 0.750 bits per heavy atom. The largest absolute Gasteiger partial charge is 0.444 e. The standard InChI is InChI=1S/C29H41N3O4/c1-27(2,3)23-15-13-21(14-16-23)22-12-10-11-20(19-22)17-18-30-24(31-25(33)35-28(4,5)6)32-26(34)36-29(7,8)9/h10-16,19H,17-18H2,1-9H3,(H2,30,31,32,33,34). The maximum absolute atomic E-state index is 12.3. The highest BCUT2D eigenvalue weighted by Crippen LogP contribution is 2.26. The third-order valence-corrected chi connectivity index (χ3v) is 4.92. The van der Waals surface area contributed by atoms with Gasteiger partial charge in [0.05, 0.1) is 0 Å². The normalized spacial score (nSPS) is 11.9. The summed E-state index contributed by atoms with van der Waals surface area (Å²) in [6.07, 6.45) is -0.806. The zero-order valence-electron chi connectivity index (χ0n) is 23.1. The quantitative estimate of drug-likeness (QED) is 0.369. The zero-order chi connectivity index (χ0) is 27.1. The minimum atomic E-state index is -0.710. The fourth-order valence-corrected chi connectivity index (χ4v) is 3.28. The summed E-state index contributed by atoms with van der Waals surface area (Å²) in [7, 11) is 0. The van der Waals surface area contributed by atoms with E-state index in [4.69, 9.17) is 9.47 Å². The lowest BCUT2D eigenvalue weighted by Crippen LogP contribution is -2.47. The van der Waals surface area contributed by atoms with Gasteiger partial charge in [-0.2, -0.15) is 0 Å². The van der Waals surface area contributed by atoms with E-state index < -0.39 is 23.4 Å². The van der Waals surface area contributed by atoms with Gasteiger partial charge in [0.15, 0.2) is 0 Å². The molecule has 2 rings (SSSR count). The number of nitrogens with one attached hydrogen (secondary N) is 2. The molecule has 36 heavy (non-hydrogen) atoms. The molecule has 2 N–H and O–H groups in total. The lowest BCUT2D eigenvalue weighted by molar-refractivity contribution is 0.0545. The van der Waals surface area contributed by atoms with Crippen molar-refractivity contribution in [2.45, 2.75) is 85.4 Å². The second kappa shape index (κ2) is 11.6. The fourth-order valence-electron chi connectivity index (χ4n) is 3.28. The molecule has 2 aromatic carbocycles. The van der Waals surface area contributed by atoms with E-state index in [1.165, 1.54) is 5.56 Å². The Morgan fingerprint density at radius 3 is 1.75 bits per heavy atom. The molecule has 0 aromatic heterocycles. The van der Waals surface area contributed by atoms with Crippen LogP contribution in [0.2, 0.25) is 0 Å². The number of alkyl carbamates (subject to hydrolysis) is 2. The highest BCUT2D eigenvalue weighted by Gasteiger charge is 2.21. The predicted octanol–water partition coefficient (Wildman–Crippen LogP) is 6.60. The van der Waals surface area contributed by atoms with Gasteiger partial charge in [0, 0.05) is 6.54 Å². The van der Waals surface area contributed by atoms with E-state index >= 15 is 0 Å². The molecule has 0 aliphatic rings. The van der Waals surface area contributed by atoms with Gasteiger partial charge in [-0.1, -0.05) is 69.3 Å². The lowest BCUT2D eigenvalue weighted by Gasteiger charge is -2.22. The van der Waals surface area contributed by atoms with Crippen LogP contribution in [0.1, 0.15) is 73.4 Å². The van der Waals surface area contributed by atoms with Crippen molar-refractivity contribution < 1.29 is 19.1 Å². The van der Waals surface area contributed by atoms with E-state index in [2.05, 4.69) is 72.8 Å². The van der Waals surface area contributed by atoms with Gasteiger partial charge in [-0.05, 0) is 75.6 Å². The summed E-state index contributed by atoms with van der Waals surface area (Å²) >= 11 is 0. The van der Waals surface area contributed by atoms with E-state index in [-0.39, 0.29) is 11.4 Å². The Hall–Kier alpha value is -3.35. The van der Waals surface area contributed by atoms with Crippen molar-refractivity contribution in [1.82, 2.24) is 10.6 Å². The lowest BCUT2D eigenvalue weighted by atomic mass is 9.86. The third kappa shape index (κ3) is 10.5. The molecule has 0 unspecified atom stereocenters. The van der Waals surface area contributed by atoms with E-state index in [1.54, 1.807) is 41.5 Å². The summed E-state index contributed by atoms with van der Waals surface area (Å²) in [5.41, 5.74) is 3.38. The second-order valence-electron chi connectivity index (χ2n) is 11.8. The highest BCUT2D eigenvalue weighted by molar-refractivity contribution is 6.01. The van der Waals surface area contributed by atoms with Crippen molar-refractivity contribution in [3.05, 3.63) is 59.7 Å². The number of benzene rings is 2. The number of amides is 2. The van der Waals surface area contributed by atoms with Crippen molar-refractivity contribution in [3.8, 4) is 11.1 Å². The molecule has 0 spiro atoms. The van der Waals surface area contributed by atoms with Gasteiger partial charge in [0.25, 0.3) is 0 Å². The number of hydrogen-bond acceptors (Lipinski definition) is 5. The summed E-state index contributed by atoms with van der Waals surface area (Å²) in [5, 5.41) is 5.02. The molecular weight excluding hydrogens is 454 g/mol. The number of ether oxygens (including phenoxy) is 2. The van der Waals surface area contributed by atoms with Crippen molar-refractivity contribution in [1.29, 1.82) is 0 Å². The number of carbonyl (C=O) groups is 2. The summed E-state index contributed by atoms with van der Waals surface area (Å²) in [6, 6.07) is 16.9. The van der Waals surface area contributed by atoms with Crippen LogP contribution in [0.3, 0.4) is 0 Å². The van der Waals surface area contributed by atoms with Crippen LogP contribution in [0.15, 0.2) is 53.5 Å². The Bertz CT molecular complexity index is 1040. The zero-order valence-corrected chi connectivity index (χ0v) is 23.1. The van der Waals surface area contributed by atoms with Gasteiger partial charge in [-0.3, -0.25) is 15.6 Å². The number of rotatable bonds is 4. The van der Waals surface area contributed by atoms with Gasteiger partial charge in [-0.25, -0.2) is 9.59 Å². The molecule has 196 valence electrons. The second-order valence-corrected chi connectivity index (χ2v) is 11.8. The first kappa shape index (κ1) is 28.9. The maximum Gasteiger partial charge on any atom is 0.414 e. The Balaban J connectivity index is 2.12. The van der Waals surface area contributed by atoms with Crippen molar-refractivity contribution >= 4 is 18.1 Å². The molecule has 0 aliphatic heterocycles. The number of carbonyl (C=O) groups excluding carboxylic acids is 2. The first-order valence-corrected chi connectivity index (χ1v) is 12.3. The van der Waals surface area contributed by atoms with Gasteiger partial charge in [0.2, 0.25) is 5.96 Å². The fraction of sp³-hybridized carbons (Fsp3) is 0.483. The van der Waals surface area contributed by atoms with Crippen LogP contribution < -0.4 is 10.6 Å². The maximum atomic E-state index is 12.3. The van der Waals surface area contributed by atoms with E-state index in [0.29, 0.717) is 13.0 Å². The first-order chi connectivity index (χ1) is 16.5. The van der Waals surface area contributed by atoms with Gasteiger partial charge in [0.1, 0.15) is 11.2 Å². The first-order valence-electron chi connectivity index (χ1n) is 12.3. The Labute approximate surface area is 215 Å². The minimum absolute atomic E-state index is 0.0209. The van der Waals surface area contributed by atoms with E-state index in [1.807, 2.05) is 12.1 Å². The highest BCUT2D eigenvalue weighted by atomic mass is 16.6. The van der Waals surface area contributed by atoms with Gasteiger partial charge >= 0.3 is 12.2 Å². The van der Waals surface area contributed by atoms with Crippen molar-refractivity contribution in [2.24, 2.45) is 4.99 Å². The smallest absolute Gasteiger partial charge is 0.414 e. The molecule has 0 bridgehead atoms. The SMILES string of the molecule is CC(C)(C)OC(=O)NC(=NCCc1cccc(-c2ccc(C(C)(C)C)cc2)c1)NC(=O)OC(C)(C)C. The minimum Gasteiger partial charge on any atom is -0.444 e. The summed E-state index contributed by atoms with van der Waals surface area (Å²) < 4.78 is 10.6. The monoisotopic (exact) mass is 495 g/mol. The molecule has 0 aliphatic carbocycles. The molecule has 7 nitrogen and oxygen atoms in total. The van der Waals surface area contributed by atoms with Crippen LogP contribution in [0.25, 0.3) is 11.1 Å². The van der Waals surface area contributed by atoms with Crippen LogP contribution in [0, 0.1) is 0 Å². The molecule has 0 atom stereocenters. The number of hydrogen-bond donors (Lipinski definition) is 2. The van der Waals surface area contributed by atoms with Gasteiger partial charge in [-0.15, -0.1) is 0 Å². The topological polar surface area (TPSA) is 89.0 Å². The van der Waals surface area contributed by atoms with Crippen LogP contribution in [0.4, 0.5) is 9.59 Å². The molecule has 0 saturated carbocycles. The van der Waals surface area contributed by atoms with Crippen molar-refractivity contribution in [2.75, 3.05) is 6.54 Å². The van der Waals surface area contributed by atoms with Crippen LogP contribution in [0.5, 0.6) is 0 Å². The number of aliphatic imine (C=N–C) groups is 1. The summed E-state index contributed by atoms with van der Waals surface area (Å²) in [4.78, 5) is 28.9. The molecule has 7 heteroatoms.